The van der Waals surface area contributed by atoms with Crippen molar-refractivity contribution in [3.8, 4) is 11.3 Å². The number of hydrogen-bond donors (Lipinski definition) is 1. The van der Waals surface area contributed by atoms with Crippen LogP contribution in [0.15, 0.2) is 61.1 Å². The van der Waals surface area contributed by atoms with E-state index in [1.807, 2.05) is 29.2 Å². The van der Waals surface area contributed by atoms with E-state index in [1.165, 1.54) is 0 Å². The van der Waals surface area contributed by atoms with Crippen LogP contribution in [-0.2, 0) is 11.2 Å². The Morgan fingerprint density at radius 2 is 1.90 bits per heavy atom. The normalized spacial score (nSPS) is 16.3. The van der Waals surface area contributed by atoms with Crippen molar-refractivity contribution in [3.05, 3.63) is 78.0 Å². The van der Waals surface area contributed by atoms with E-state index in [2.05, 4.69) is 15.0 Å². The molecule has 2 aromatic heterocycles. The van der Waals surface area contributed by atoms with Gasteiger partial charge in [0.15, 0.2) is 0 Å². The maximum absolute atomic E-state index is 12.8. The molecule has 2 N–H and O–H groups in total. The first kappa shape index (κ1) is 19.7. The topological polar surface area (TPSA) is 102 Å². The van der Waals surface area contributed by atoms with Crippen molar-refractivity contribution in [2.45, 2.75) is 25.2 Å². The van der Waals surface area contributed by atoms with Crippen LogP contribution in [0.4, 0.5) is 0 Å². The summed E-state index contributed by atoms with van der Waals surface area (Å²) in [7, 11) is 0. The van der Waals surface area contributed by atoms with Crippen LogP contribution in [0.5, 0.6) is 0 Å². The number of carbonyl (C=O) groups is 2. The molecule has 7 nitrogen and oxygen atoms in total. The van der Waals surface area contributed by atoms with Crippen molar-refractivity contribution in [2.75, 3.05) is 13.1 Å². The number of pyridine rings is 1. The molecule has 0 saturated carbocycles. The lowest BCUT2D eigenvalue weighted by Gasteiger charge is -2.33. The van der Waals surface area contributed by atoms with Gasteiger partial charge in [0.2, 0.25) is 11.8 Å². The van der Waals surface area contributed by atoms with E-state index in [0.717, 1.165) is 42.0 Å². The number of benzene rings is 1. The molecule has 1 aromatic carbocycles. The van der Waals surface area contributed by atoms with Gasteiger partial charge in [-0.05, 0) is 37.1 Å². The van der Waals surface area contributed by atoms with Crippen LogP contribution in [0.3, 0.4) is 0 Å². The molecule has 1 atom stereocenters. The van der Waals surface area contributed by atoms with Crippen LogP contribution in [-0.4, -0.2) is 44.8 Å². The Morgan fingerprint density at radius 1 is 1.03 bits per heavy atom. The predicted octanol–water partition coefficient (Wildman–Crippen LogP) is 2.59. The summed E-state index contributed by atoms with van der Waals surface area (Å²) in [6.45, 7) is 1.32. The quantitative estimate of drug-likeness (QED) is 0.708. The molecule has 1 fully saturated rings. The SMILES string of the molecule is NC(=O)c1cccc(-c2nccnc2[C@H]2CCCN(C(=O)Cc3ccccn3)C2)c1. The Labute approximate surface area is 175 Å². The van der Waals surface area contributed by atoms with Crippen molar-refractivity contribution in [2.24, 2.45) is 5.73 Å². The maximum atomic E-state index is 12.8. The van der Waals surface area contributed by atoms with E-state index in [-0.39, 0.29) is 11.8 Å². The highest BCUT2D eigenvalue weighted by atomic mass is 16.2. The fourth-order valence-electron chi connectivity index (χ4n) is 3.89. The standard InChI is InChI=1S/C23H23N5O2/c24-23(30)17-6-3-5-16(13-17)21-22(27-11-10-26-21)18-7-4-12-28(15-18)20(29)14-19-8-1-2-9-25-19/h1-3,5-6,8-11,13,18H,4,7,12,14-15H2,(H2,24,30)/t18-/m0/s1. The van der Waals surface area contributed by atoms with Gasteiger partial charge in [0.25, 0.3) is 0 Å². The molecule has 4 rings (SSSR count). The van der Waals surface area contributed by atoms with Crippen LogP contribution in [0, 0.1) is 0 Å². The van der Waals surface area contributed by atoms with Crippen molar-refractivity contribution in [1.82, 2.24) is 19.9 Å². The molecule has 1 aliphatic heterocycles. The van der Waals surface area contributed by atoms with Gasteiger partial charge in [-0.1, -0.05) is 18.2 Å². The average molecular weight is 401 g/mol. The molecular formula is C23H23N5O2. The monoisotopic (exact) mass is 401 g/mol. The highest BCUT2D eigenvalue weighted by Crippen LogP contribution is 2.32. The van der Waals surface area contributed by atoms with Crippen LogP contribution >= 0.6 is 0 Å². The summed E-state index contributed by atoms with van der Waals surface area (Å²) in [5, 5.41) is 0. The largest absolute Gasteiger partial charge is 0.366 e. The zero-order valence-electron chi connectivity index (χ0n) is 16.6. The van der Waals surface area contributed by atoms with E-state index in [9.17, 15) is 9.59 Å². The van der Waals surface area contributed by atoms with E-state index < -0.39 is 5.91 Å². The van der Waals surface area contributed by atoms with Crippen molar-refractivity contribution in [1.29, 1.82) is 0 Å². The van der Waals surface area contributed by atoms with Crippen molar-refractivity contribution in [3.63, 3.8) is 0 Å². The lowest BCUT2D eigenvalue weighted by atomic mass is 9.91. The van der Waals surface area contributed by atoms with Gasteiger partial charge in [0, 0.05) is 54.4 Å². The molecule has 2 amide bonds. The highest BCUT2D eigenvalue weighted by Gasteiger charge is 2.28. The Balaban J connectivity index is 1.56. The second-order valence-corrected chi connectivity index (χ2v) is 7.41. The summed E-state index contributed by atoms with van der Waals surface area (Å²) in [5.41, 5.74) is 9.00. The van der Waals surface area contributed by atoms with Crippen LogP contribution in [0.1, 0.15) is 40.5 Å². The third-order valence-electron chi connectivity index (χ3n) is 5.37. The number of carbonyl (C=O) groups excluding carboxylic acids is 2. The molecule has 3 aromatic rings. The summed E-state index contributed by atoms with van der Waals surface area (Å²) in [6.07, 6.45) is 7.13. The number of nitrogens with two attached hydrogens (primary N) is 1. The maximum Gasteiger partial charge on any atom is 0.248 e. The zero-order valence-corrected chi connectivity index (χ0v) is 16.6. The van der Waals surface area contributed by atoms with Crippen LogP contribution < -0.4 is 5.73 Å². The van der Waals surface area contributed by atoms with E-state index in [4.69, 9.17) is 5.73 Å². The van der Waals surface area contributed by atoms with Gasteiger partial charge in [-0.25, -0.2) is 0 Å². The van der Waals surface area contributed by atoms with Crippen LogP contribution in [0.25, 0.3) is 11.3 Å². The molecule has 0 radical (unpaired) electrons. The second kappa shape index (κ2) is 8.82. The van der Waals surface area contributed by atoms with E-state index >= 15 is 0 Å². The number of likely N-dealkylation sites (tertiary alicyclic amines) is 1. The average Bonchev–Trinajstić information content (AvgIpc) is 2.80. The molecule has 1 saturated heterocycles. The summed E-state index contributed by atoms with van der Waals surface area (Å²) >= 11 is 0. The Bertz CT molecular complexity index is 1050. The zero-order chi connectivity index (χ0) is 20.9. The molecule has 1 aliphatic rings. The summed E-state index contributed by atoms with van der Waals surface area (Å²) in [5.74, 6) is -0.335. The summed E-state index contributed by atoms with van der Waals surface area (Å²) < 4.78 is 0. The summed E-state index contributed by atoms with van der Waals surface area (Å²) in [6, 6.07) is 12.7. The number of rotatable bonds is 5. The number of hydrogen-bond acceptors (Lipinski definition) is 5. The molecular weight excluding hydrogens is 378 g/mol. The second-order valence-electron chi connectivity index (χ2n) is 7.41. The van der Waals surface area contributed by atoms with Crippen molar-refractivity contribution >= 4 is 11.8 Å². The molecule has 3 heterocycles. The van der Waals surface area contributed by atoms with Crippen molar-refractivity contribution < 1.29 is 9.59 Å². The van der Waals surface area contributed by atoms with Gasteiger partial charge in [-0.15, -0.1) is 0 Å². The minimum Gasteiger partial charge on any atom is -0.366 e. The molecule has 152 valence electrons. The first-order valence-electron chi connectivity index (χ1n) is 10.0. The van der Waals surface area contributed by atoms with Gasteiger partial charge < -0.3 is 10.6 Å². The fraction of sp³-hybridized carbons (Fsp3) is 0.261. The van der Waals surface area contributed by atoms with Gasteiger partial charge in [-0.3, -0.25) is 24.5 Å². The smallest absolute Gasteiger partial charge is 0.248 e. The number of primary amides is 1. The van der Waals surface area contributed by atoms with Gasteiger partial charge >= 0.3 is 0 Å². The highest BCUT2D eigenvalue weighted by molar-refractivity contribution is 5.94. The lowest BCUT2D eigenvalue weighted by molar-refractivity contribution is -0.131. The first-order valence-corrected chi connectivity index (χ1v) is 10.0. The Kier molecular flexibility index (Phi) is 5.79. The Morgan fingerprint density at radius 3 is 2.70 bits per heavy atom. The van der Waals surface area contributed by atoms with Crippen LogP contribution in [0.2, 0.25) is 0 Å². The fourth-order valence-corrected chi connectivity index (χ4v) is 3.89. The lowest BCUT2D eigenvalue weighted by Crippen LogP contribution is -2.40. The number of nitrogens with zero attached hydrogens (tertiary/aromatic N) is 4. The molecule has 7 heteroatoms. The predicted molar refractivity (Wildman–Crippen MR) is 112 cm³/mol. The number of amides is 2. The third-order valence-corrected chi connectivity index (χ3v) is 5.37. The molecule has 0 unspecified atom stereocenters. The molecule has 0 spiro atoms. The molecule has 0 aliphatic carbocycles. The van der Waals surface area contributed by atoms with Gasteiger partial charge in [0.05, 0.1) is 17.8 Å². The number of piperidine rings is 1. The minimum absolute atomic E-state index is 0.0690. The molecule has 0 bridgehead atoms. The van der Waals surface area contributed by atoms with E-state index in [1.54, 1.807) is 36.8 Å². The first-order chi connectivity index (χ1) is 14.6. The van der Waals surface area contributed by atoms with E-state index in [0.29, 0.717) is 18.5 Å². The Hall–Kier alpha value is -3.61. The van der Waals surface area contributed by atoms with Gasteiger partial charge in [-0.2, -0.15) is 0 Å². The molecule has 30 heavy (non-hydrogen) atoms. The summed E-state index contributed by atoms with van der Waals surface area (Å²) in [4.78, 5) is 39.7. The van der Waals surface area contributed by atoms with Gasteiger partial charge in [0.1, 0.15) is 0 Å². The minimum atomic E-state index is -0.480. The third kappa shape index (κ3) is 4.35. The number of aromatic nitrogens is 3.